The lowest BCUT2D eigenvalue weighted by molar-refractivity contribution is -0.152. The van der Waals surface area contributed by atoms with Gasteiger partial charge in [0.15, 0.2) is 0 Å². The summed E-state index contributed by atoms with van der Waals surface area (Å²) < 4.78 is 10.3. The summed E-state index contributed by atoms with van der Waals surface area (Å²) in [6, 6.07) is 0. The van der Waals surface area contributed by atoms with Gasteiger partial charge < -0.3 is 14.6 Å². The molecule has 1 atom stereocenters. The lowest BCUT2D eigenvalue weighted by Gasteiger charge is -2.12. The monoisotopic (exact) mass is 639 g/mol. The molecule has 0 rings (SSSR count). The minimum atomic E-state index is -0.955. The van der Waals surface area contributed by atoms with Gasteiger partial charge in [-0.2, -0.15) is 0 Å². The Morgan fingerprint density at radius 3 is 1.00 bits per heavy atom. The zero-order valence-corrected chi connectivity index (χ0v) is 30.6. The second-order valence-electron chi connectivity index (χ2n) is 14.2. The van der Waals surface area contributed by atoms with Crippen LogP contribution in [0.2, 0.25) is 0 Å². The Morgan fingerprint density at radius 2 is 0.711 bits per heavy atom. The SMILES string of the molecule is CCCCCCCCCCCCCCCCCCCCCC(=O)OC[C@H](O)COC(=O)CCCCCCCCCCCC(C)C. The van der Waals surface area contributed by atoms with Crippen molar-refractivity contribution in [3.63, 3.8) is 0 Å². The number of aliphatic hydroxyl groups is 1. The van der Waals surface area contributed by atoms with Crippen molar-refractivity contribution >= 4 is 11.9 Å². The molecule has 0 aliphatic heterocycles. The van der Waals surface area contributed by atoms with Crippen LogP contribution < -0.4 is 0 Å². The van der Waals surface area contributed by atoms with Gasteiger partial charge in [-0.05, 0) is 18.8 Å². The van der Waals surface area contributed by atoms with Crippen molar-refractivity contribution in [1.82, 2.24) is 0 Å². The normalized spacial score (nSPS) is 12.1. The molecule has 0 saturated heterocycles. The summed E-state index contributed by atoms with van der Waals surface area (Å²) >= 11 is 0. The third-order valence-corrected chi connectivity index (χ3v) is 9.02. The molecule has 0 aliphatic carbocycles. The Bertz CT molecular complexity index is 620. The van der Waals surface area contributed by atoms with Crippen LogP contribution in [0.4, 0.5) is 0 Å². The van der Waals surface area contributed by atoms with Gasteiger partial charge in [-0.15, -0.1) is 0 Å². The van der Waals surface area contributed by atoms with Crippen LogP contribution in [0, 0.1) is 5.92 Å². The maximum atomic E-state index is 12.0. The molecule has 0 aromatic heterocycles. The molecule has 0 radical (unpaired) electrons. The Balaban J connectivity index is 3.36. The van der Waals surface area contributed by atoms with Gasteiger partial charge >= 0.3 is 11.9 Å². The fraction of sp³-hybridized carbons (Fsp3) is 0.950. The molecule has 0 fully saturated rings. The molecule has 0 saturated carbocycles. The van der Waals surface area contributed by atoms with E-state index in [1.165, 1.54) is 154 Å². The molecule has 0 bridgehead atoms. The van der Waals surface area contributed by atoms with Gasteiger partial charge in [0.1, 0.15) is 19.3 Å². The highest BCUT2D eigenvalue weighted by Crippen LogP contribution is 2.16. The standard InChI is InChI=1S/C40H78O5/c1-4-5-6-7-8-9-10-11-12-13-14-15-16-17-18-21-24-27-30-33-39(42)44-35-38(41)36-45-40(43)34-31-28-25-22-19-20-23-26-29-32-37(2)3/h37-38,41H,4-36H2,1-3H3/t38-/m0/s1. The smallest absolute Gasteiger partial charge is 0.305 e. The highest BCUT2D eigenvalue weighted by Gasteiger charge is 2.12. The number of ether oxygens (including phenoxy) is 2. The van der Waals surface area contributed by atoms with E-state index in [1.807, 2.05) is 0 Å². The number of hydrogen-bond acceptors (Lipinski definition) is 5. The van der Waals surface area contributed by atoms with Crippen molar-refractivity contribution in [3.8, 4) is 0 Å². The van der Waals surface area contributed by atoms with Crippen LogP contribution in [0.3, 0.4) is 0 Å². The molecule has 268 valence electrons. The first-order valence-electron chi connectivity index (χ1n) is 19.9. The third-order valence-electron chi connectivity index (χ3n) is 9.02. The van der Waals surface area contributed by atoms with Crippen LogP contribution in [0.1, 0.15) is 220 Å². The molecular weight excluding hydrogens is 560 g/mol. The van der Waals surface area contributed by atoms with Gasteiger partial charge in [0.05, 0.1) is 0 Å². The zero-order valence-electron chi connectivity index (χ0n) is 30.6. The molecule has 0 aromatic rings. The number of carbonyl (C=O) groups excluding carboxylic acids is 2. The topological polar surface area (TPSA) is 72.8 Å². The molecule has 1 N–H and O–H groups in total. The van der Waals surface area contributed by atoms with E-state index in [1.54, 1.807) is 0 Å². The Labute approximate surface area is 280 Å². The van der Waals surface area contributed by atoms with E-state index in [0.29, 0.717) is 12.8 Å². The highest BCUT2D eigenvalue weighted by molar-refractivity contribution is 5.69. The van der Waals surface area contributed by atoms with Gasteiger partial charge in [0, 0.05) is 12.8 Å². The van der Waals surface area contributed by atoms with Crippen LogP contribution in [0.5, 0.6) is 0 Å². The van der Waals surface area contributed by atoms with Crippen molar-refractivity contribution in [2.24, 2.45) is 5.92 Å². The third kappa shape index (κ3) is 37.2. The van der Waals surface area contributed by atoms with Crippen molar-refractivity contribution < 1.29 is 24.2 Å². The average molecular weight is 639 g/mol. The predicted octanol–water partition coefficient (Wildman–Crippen LogP) is 12.2. The summed E-state index contributed by atoms with van der Waals surface area (Å²) in [5, 5.41) is 10.00. The summed E-state index contributed by atoms with van der Waals surface area (Å²) in [5.74, 6) is 0.267. The van der Waals surface area contributed by atoms with Crippen molar-refractivity contribution in [2.45, 2.75) is 226 Å². The van der Waals surface area contributed by atoms with Crippen molar-refractivity contribution in [2.75, 3.05) is 13.2 Å². The molecule has 0 heterocycles. The fourth-order valence-electron chi connectivity index (χ4n) is 5.98. The summed E-state index contributed by atoms with van der Waals surface area (Å²) in [4.78, 5) is 23.9. The van der Waals surface area contributed by atoms with E-state index < -0.39 is 6.10 Å². The van der Waals surface area contributed by atoms with Gasteiger partial charge in [-0.1, -0.05) is 194 Å². The lowest BCUT2D eigenvalue weighted by atomic mass is 10.0. The van der Waals surface area contributed by atoms with E-state index in [4.69, 9.17) is 9.47 Å². The second kappa shape index (κ2) is 35.7. The number of esters is 2. The molecular formula is C40H78O5. The first-order chi connectivity index (χ1) is 22.0. The summed E-state index contributed by atoms with van der Waals surface area (Å²) in [6.45, 7) is 6.65. The van der Waals surface area contributed by atoms with Crippen molar-refractivity contribution in [1.29, 1.82) is 0 Å². The first-order valence-corrected chi connectivity index (χ1v) is 19.9. The molecule has 0 aromatic carbocycles. The fourth-order valence-corrected chi connectivity index (χ4v) is 5.98. The van der Waals surface area contributed by atoms with Gasteiger partial charge in [-0.3, -0.25) is 9.59 Å². The summed E-state index contributed by atoms with van der Waals surface area (Å²) in [7, 11) is 0. The maximum Gasteiger partial charge on any atom is 0.305 e. The van der Waals surface area contributed by atoms with E-state index in [-0.39, 0.29) is 25.2 Å². The molecule has 5 nitrogen and oxygen atoms in total. The van der Waals surface area contributed by atoms with E-state index >= 15 is 0 Å². The number of aliphatic hydroxyl groups excluding tert-OH is 1. The molecule has 0 aliphatic rings. The van der Waals surface area contributed by atoms with Gasteiger partial charge in [0.2, 0.25) is 0 Å². The zero-order chi connectivity index (χ0) is 33.1. The minimum Gasteiger partial charge on any atom is -0.463 e. The molecule has 45 heavy (non-hydrogen) atoms. The Morgan fingerprint density at radius 1 is 0.444 bits per heavy atom. The molecule has 0 amide bonds. The van der Waals surface area contributed by atoms with Gasteiger partial charge in [0.25, 0.3) is 0 Å². The van der Waals surface area contributed by atoms with Crippen LogP contribution in [-0.4, -0.2) is 36.4 Å². The van der Waals surface area contributed by atoms with Crippen LogP contribution >= 0.6 is 0 Å². The molecule has 0 unspecified atom stereocenters. The van der Waals surface area contributed by atoms with Gasteiger partial charge in [-0.25, -0.2) is 0 Å². The minimum absolute atomic E-state index is 0.108. The number of rotatable bonds is 36. The van der Waals surface area contributed by atoms with E-state index in [2.05, 4.69) is 20.8 Å². The van der Waals surface area contributed by atoms with Crippen molar-refractivity contribution in [3.05, 3.63) is 0 Å². The van der Waals surface area contributed by atoms with Crippen LogP contribution in [-0.2, 0) is 19.1 Å². The lowest BCUT2D eigenvalue weighted by Crippen LogP contribution is -2.25. The second-order valence-corrected chi connectivity index (χ2v) is 14.2. The molecule has 0 spiro atoms. The Hall–Kier alpha value is -1.10. The first kappa shape index (κ1) is 43.9. The van der Waals surface area contributed by atoms with E-state index in [0.717, 1.165) is 38.0 Å². The summed E-state index contributed by atoms with van der Waals surface area (Å²) in [6.07, 6.45) is 37.4. The van der Waals surface area contributed by atoms with Crippen LogP contribution in [0.25, 0.3) is 0 Å². The van der Waals surface area contributed by atoms with E-state index in [9.17, 15) is 14.7 Å². The largest absolute Gasteiger partial charge is 0.463 e. The maximum absolute atomic E-state index is 12.0. The quantitative estimate of drug-likeness (QED) is 0.0546. The molecule has 5 heteroatoms. The summed E-state index contributed by atoms with van der Waals surface area (Å²) in [5.41, 5.74) is 0. The Kier molecular flexibility index (Phi) is 34.9. The number of hydrogen-bond donors (Lipinski definition) is 1. The predicted molar refractivity (Wildman–Crippen MR) is 192 cm³/mol. The highest BCUT2D eigenvalue weighted by atomic mass is 16.6. The van der Waals surface area contributed by atoms with Crippen LogP contribution in [0.15, 0.2) is 0 Å². The number of unbranched alkanes of at least 4 members (excludes halogenated alkanes) is 26. The number of carbonyl (C=O) groups is 2. The average Bonchev–Trinajstić information content (AvgIpc) is 3.02.